The van der Waals surface area contributed by atoms with Crippen LogP contribution in [0.15, 0.2) is 34.7 Å². The molecule has 23 heavy (non-hydrogen) atoms. The van der Waals surface area contributed by atoms with Gasteiger partial charge in [0.2, 0.25) is 0 Å². The molecule has 2 aromatic heterocycles. The predicted molar refractivity (Wildman–Crippen MR) is 97.9 cm³/mol. The molecule has 0 aliphatic heterocycles. The fourth-order valence-corrected chi connectivity index (χ4v) is 4.47. The number of thioether (sulfide) groups is 1. The predicted octanol–water partition coefficient (Wildman–Crippen LogP) is 5.37. The molecule has 0 N–H and O–H groups in total. The highest BCUT2D eigenvalue weighted by molar-refractivity contribution is 7.99. The lowest BCUT2D eigenvalue weighted by Crippen LogP contribution is -1.92. The third-order valence-electron chi connectivity index (χ3n) is 3.55. The van der Waals surface area contributed by atoms with Gasteiger partial charge in [0.25, 0.3) is 0 Å². The van der Waals surface area contributed by atoms with Crippen LogP contribution in [-0.2, 0) is 0 Å². The Hall–Kier alpha value is -1.90. The molecule has 0 unspecified atom stereocenters. The van der Waals surface area contributed by atoms with Crippen molar-refractivity contribution in [3.8, 4) is 17.2 Å². The second kappa shape index (κ2) is 7.12. The van der Waals surface area contributed by atoms with Crippen LogP contribution in [0.25, 0.3) is 21.3 Å². The Morgan fingerprint density at radius 1 is 1.17 bits per heavy atom. The lowest BCUT2D eigenvalue weighted by atomic mass is 10.1. The van der Waals surface area contributed by atoms with Gasteiger partial charge < -0.3 is 0 Å². The molecule has 3 nitrogen and oxygen atoms in total. The van der Waals surface area contributed by atoms with Crippen LogP contribution >= 0.6 is 23.1 Å². The van der Waals surface area contributed by atoms with E-state index >= 15 is 0 Å². The first-order valence-corrected chi connectivity index (χ1v) is 9.38. The summed E-state index contributed by atoms with van der Waals surface area (Å²) in [6.45, 7) is 4.03. The number of benzene rings is 1. The minimum Gasteiger partial charge on any atom is -0.226 e. The smallest absolute Gasteiger partial charge is 0.128 e. The molecule has 3 aromatic rings. The van der Waals surface area contributed by atoms with E-state index in [1.807, 2.05) is 6.92 Å². The van der Waals surface area contributed by atoms with Crippen LogP contribution in [0.4, 0.5) is 0 Å². The summed E-state index contributed by atoms with van der Waals surface area (Å²) < 4.78 is 0. The van der Waals surface area contributed by atoms with Crippen molar-refractivity contribution in [2.45, 2.75) is 31.7 Å². The quantitative estimate of drug-likeness (QED) is 0.356. The number of hydrogen-bond donors (Lipinski definition) is 0. The lowest BCUT2D eigenvalue weighted by molar-refractivity contribution is 0.971. The summed E-state index contributed by atoms with van der Waals surface area (Å²) >= 11 is 3.39. The summed E-state index contributed by atoms with van der Waals surface area (Å²) in [7, 11) is 0. The van der Waals surface area contributed by atoms with Gasteiger partial charge >= 0.3 is 0 Å². The van der Waals surface area contributed by atoms with Gasteiger partial charge in [0.1, 0.15) is 15.7 Å². The third kappa shape index (κ3) is 3.54. The van der Waals surface area contributed by atoms with E-state index in [0.29, 0.717) is 6.42 Å². The Bertz CT molecular complexity index is 860. The first-order valence-electron chi connectivity index (χ1n) is 7.51. The van der Waals surface area contributed by atoms with Crippen molar-refractivity contribution in [2.75, 3.05) is 5.75 Å². The monoisotopic (exact) mass is 339 g/mol. The number of fused-ring (bicyclic) bond motifs is 1. The zero-order valence-electron chi connectivity index (χ0n) is 13.2. The van der Waals surface area contributed by atoms with Gasteiger partial charge in [0.05, 0.1) is 11.5 Å². The van der Waals surface area contributed by atoms with Crippen molar-refractivity contribution < 1.29 is 0 Å². The second-order valence-electron chi connectivity index (χ2n) is 5.38. The number of hydrogen-bond acceptors (Lipinski definition) is 5. The average Bonchev–Trinajstić information content (AvgIpc) is 2.96. The topological polar surface area (TPSA) is 49.6 Å². The van der Waals surface area contributed by atoms with E-state index in [1.54, 1.807) is 23.1 Å². The summed E-state index contributed by atoms with van der Waals surface area (Å²) in [6, 6.07) is 10.8. The number of aryl methyl sites for hydroxylation is 2. The van der Waals surface area contributed by atoms with E-state index in [2.05, 4.69) is 52.6 Å². The SMILES string of the molecule is Cc1ccc(-c2csc3nc(C)nc(SCCCC#N)c23)cc1. The van der Waals surface area contributed by atoms with E-state index in [1.165, 1.54) is 16.7 Å². The fourth-order valence-electron chi connectivity index (χ4n) is 2.38. The number of nitrogens with zero attached hydrogens (tertiary/aromatic N) is 3. The molecule has 0 bridgehead atoms. The van der Waals surface area contributed by atoms with Gasteiger partial charge in [-0.1, -0.05) is 29.8 Å². The molecule has 0 amide bonds. The van der Waals surface area contributed by atoms with Crippen LogP contribution < -0.4 is 0 Å². The standard InChI is InChI=1S/C18H17N3S2/c1-12-5-7-14(8-6-12)15-11-23-18-16(15)17(20-13(2)21-18)22-10-4-3-9-19/h5-8,11H,3-4,10H2,1-2H3. The second-order valence-corrected chi connectivity index (χ2v) is 7.32. The molecule has 0 atom stereocenters. The van der Waals surface area contributed by atoms with Crippen LogP contribution in [0.2, 0.25) is 0 Å². The summed E-state index contributed by atoms with van der Waals surface area (Å²) in [4.78, 5) is 10.3. The van der Waals surface area contributed by atoms with Crippen LogP contribution in [0.3, 0.4) is 0 Å². The Morgan fingerprint density at radius 2 is 1.96 bits per heavy atom. The van der Waals surface area contributed by atoms with Gasteiger partial charge in [-0.2, -0.15) is 5.26 Å². The van der Waals surface area contributed by atoms with E-state index in [4.69, 9.17) is 5.26 Å². The maximum Gasteiger partial charge on any atom is 0.128 e. The molecule has 1 aromatic carbocycles. The van der Waals surface area contributed by atoms with Crippen molar-refractivity contribution in [1.82, 2.24) is 9.97 Å². The van der Waals surface area contributed by atoms with Crippen LogP contribution in [-0.4, -0.2) is 15.7 Å². The number of unbranched alkanes of at least 4 members (excludes halogenated alkanes) is 1. The van der Waals surface area contributed by atoms with E-state index < -0.39 is 0 Å². The molecular weight excluding hydrogens is 322 g/mol. The molecule has 0 aliphatic rings. The van der Waals surface area contributed by atoms with Crippen LogP contribution in [0.1, 0.15) is 24.2 Å². The number of nitriles is 1. The normalized spacial score (nSPS) is 10.8. The summed E-state index contributed by atoms with van der Waals surface area (Å²) in [5, 5.41) is 13.0. The number of aromatic nitrogens is 2. The van der Waals surface area contributed by atoms with Crippen molar-refractivity contribution in [3.05, 3.63) is 41.0 Å². The lowest BCUT2D eigenvalue weighted by Gasteiger charge is -2.06. The molecule has 0 aliphatic carbocycles. The minimum absolute atomic E-state index is 0.592. The fraction of sp³-hybridized carbons (Fsp3) is 0.278. The molecular formula is C18H17N3S2. The molecule has 5 heteroatoms. The van der Waals surface area contributed by atoms with E-state index in [9.17, 15) is 0 Å². The first-order chi connectivity index (χ1) is 11.2. The van der Waals surface area contributed by atoms with Crippen LogP contribution in [0.5, 0.6) is 0 Å². The van der Waals surface area contributed by atoms with Gasteiger partial charge in [0.15, 0.2) is 0 Å². The van der Waals surface area contributed by atoms with Crippen molar-refractivity contribution in [2.24, 2.45) is 0 Å². The van der Waals surface area contributed by atoms with Crippen molar-refractivity contribution in [3.63, 3.8) is 0 Å². The highest BCUT2D eigenvalue weighted by Crippen LogP contribution is 2.38. The Balaban J connectivity index is 2.02. The molecule has 3 rings (SSSR count). The molecule has 0 radical (unpaired) electrons. The van der Waals surface area contributed by atoms with E-state index in [0.717, 1.165) is 33.2 Å². The number of rotatable bonds is 5. The minimum atomic E-state index is 0.592. The van der Waals surface area contributed by atoms with E-state index in [-0.39, 0.29) is 0 Å². The molecule has 0 saturated heterocycles. The number of thiophene rings is 1. The third-order valence-corrected chi connectivity index (χ3v) is 5.48. The average molecular weight is 339 g/mol. The van der Waals surface area contributed by atoms with Crippen LogP contribution in [0, 0.1) is 25.2 Å². The maximum atomic E-state index is 8.68. The summed E-state index contributed by atoms with van der Waals surface area (Å²) in [5.41, 5.74) is 3.66. The molecule has 116 valence electrons. The van der Waals surface area contributed by atoms with Gasteiger partial charge in [-0.05, 0) is 25.8 Å². The Labute approximate surface area is 144 Å². The van der Waals surface area contributed by atoms with Gasteiger partial charge in [-0.15, -0.1) is 23.1 Å². The maximum absolute atomic E-state index is 8.68. The largest absolute Gasteiger partial charge is 0.226 e. The summed E-state index contributed by atoms with van der Waals surface area (Å²) in [6.07, 6.45) is 1.48. The Morgan fingerprint density at radius 3 is 2.70 bits per heavy atom. The molecule has 0 fully saturated rings. The van der Waals surface area contributed by atoms with Gasteiger partial charge in [-0.3, -0.25) is 0 Å². The zero-order chi connectivity index (χ0) is 16.2. The van der Waals surface area contributed by atoms with Crippen molar-refractivity contribution in [1.29, 1.82) is 5.26 Å². The Kier molecular flexibility index (Phi) is 4.94. The summed E-state index contributed by atoms with van der Waals surface area (Å²) in [5.74, 6) is 1.71. The molecule has 2 heterocycles. The first kappa shape index (κ1) is 16.0. The van der Waals surface area contributed by atoms with Crippen molar-refractivity contribution >= 4 is 33.3 Å². The highest BCUT2D eigenvalue weighted by Gasteiger charge is 2.14. The highest BCUT2D eigenvalue weighted by atomic mass is 32.2. The molecule has 0 spiro atoms. The van der Waals surface area contributed by atoms with Gasteiger partial charge in [-0.25, -0.2) is 9.97 Å². The zero-order valence-corrected chi connectivity index (χ0v) is 14.8. The molecule has 0 saturated carbocycles. The van der Waals surface area contributed by atoms with Gasteiger partial charge in [0, 0.05) is 23.1 Å².